The molecule has 1 aliphatic rings. The van der Waals surface area contributed by atoms with Gasteiger partial charge in [0.25, 0.3) is 0 Å². The highest BCUT2D eigenvalue weighted by Crippen LogP contribution is 2.19. The molecule has 0 bridgehead atoms. The number of carbonyl (C=O) groups is 1. The highest BCUT2D eigenvalue weighted by molar-refractivity contribution is 5.82. The van der Waals surface area contributed by atoms with Crippen LogP contribution in [0.3, 0.4) is 0 Å². The van der Waals surface area contributed by atoms with Gasteiger partial charge in [-0.15, -0.1) is 0 Å². The van der Waals surface area contributed by atoms with E-state index in [0.717, 1.165) is 24.5 Å². The van der Waals surface area contributed by atoms with Gasteiger partial charge >= 0.3 is 5.97 Å². The summed E-state index contributed by atoms with van der Waals surface area (Å²) < 4.78 is 10.8. The number of allylic oxidation sites excluding steroid dienone is 2. The van der Waals surface area contributed by atoms with Crippen molar-refractivity contribution in [3.8, 4) is 0 Å². The van der Waals surface area contributed by atoms with Crippen LogP contribution in [0.2, 0.25) is 0 Å². The van der Waals surface area contributed by atoms with Crippen molar-refractivity contribution in [2.24, 2.45) is 11.8 Å². The van der Waals surface area contributed by atoms with Crippen molar-refractivity contribution in [3.05, 3.63) is 35.6 Å². The Morgan fingerprint density at radius 3 is 2.59 bits per heavy atom. The van der Waals surface area contributed by atoms with Gasteiger partial charge in [-0.3, -0.25) is 0 Å². The van der Waals surface area contributed by atoms with Crippen molar-refractivity contribution in [3.63, 3.8) is 0 Å². The number of ether oxygens (including phenoxy) is 2. The second-order valence-corrected chi connectivity index (χ2v) is 6.04. The summed E-state index contributed by atoms with van der Waals surface area (Å²) in [5.74, 6) is -0.520. The molecule has 0 aromatic rings. The molecule has 0 unspecified atom stereocenters. The fraction of sp³-hybridized carbons (Fsp3) is 0.611. The summed E-state index contributed by atoms with van der Waals surface area (Å²) in [5, 5.41) is 9.99. The average molecular weight is 308 g/mol. The first kappa shape index (κ1) is 18.5. The van der Waals surface area contributed by atoms with E-state index in [4.69, 9.17) is 9.47 Å². The van der Waals surface area contributed by atoms with Gasteiger partial charge < -0.3 is 14.6 Å². The van der Waals surface area contributed by atoms with Crippen LogP contribution >= 0.6 is 0 Å². The lowest BCUT2D eigenvalue weighted by Gasteiger charge is -2.20. The lowest BCUT2D eigenvalue weighted by molar-refractivity contribution is -0.144. The molecule has 0 saturated heterocycles. The van der Waals surface area contributed by atoms with Crippen LogP contribution in [0.15, 0.2) is 35.6 Å². The molecule has 1 N–H and O–H groups in total. The average Bonchev–Trinajstić information content (AvgIpc) is 2.46. The van der Waals surface area contributed by atoms with Gasteiger partial charge in [-0.1, -0.05) is 32.1 Å². The molecule has 1 rings (SSSR count). The molecular weight excluding hydrogens is 280 g/mol. The number of methoxy groups -OCH3 is 1. The minimum absolute atomic E-state index is 0.00496. The number of cyclic esters (lactones) is 1. The van der Waals surface area contributed by atoms with Crippen molar-refractivity contribution in [1.82, 2.24) is 0 Å². The molecule has 0 aromatic heterocycles. The summed E-state index contributed by atoms with van der Waals surface area (Å²) in [6.07, 6.45) is 8.61. The maximum atomic E-state index is 11.8. The van der Waals surface area contributed by atoms with Gasteiger partial charge in [0.2, 0.25) is 0 Å². The molecule has 0 aromatic carbocycles. The van der Waals surface area contributed by atoms with E-state index in [-0.39, 0.29) is 29.8 Å². The predicted molar refractivity (Wildman–Crippen MR) is 87.5 cm³/mol. The number of hydrogen-bond acceptors (Lipinski definition) is 4. The zero-order valence-corrected chi connectivity index (χ0v) is 14.2. The first-order chi connectivity index (χ1) is 10.3. The number of aliphatic hydroxyl groups excluding tert-OH is 1. The zero-order chi connectivity index (χ0) is 16.7. The number of aliphatic hydroxyl groups is 1. The van der Waals surface area contributed by atoms with Crippen molar-refractivity contribution >= 4 is 5.97 Å². The second-order valence-electron chi connectivity index (χ2n) is 6.04. The van der Waals surface area contributed by atoms with Gasteiger partial charge in [-0.05, 0) is 38.2 Å². The van der Waals surface area contributed by atoms with Gasteiger partial charge in [-0.2, -0.15) is 0 Å². The summed E-state index contributed by atoms with van der Waals surface area (Å²) in [7, 11) is 1.66. The molecule has 1 aliphatic heterocycles. The Morgan fingerprint density at radius 2 is 1.95 bits per heavy atom. The van der Waals surface area contributed by atoms with Gasteiger partial charge in [-0.25, -0.2) is 4.79 Å². The molecule has 0 fully saturated rings. The van der Waals surface area contributed by atoms with Crippen LogP contribution in [-0.2, 0) is 14.3 Å². The largest absolute Gasteiger partial charge is 0.511 e. The molecule has 4 heteroatoms. The molecule has 0 spiro atoms. The topological polar surface area (TPSA) is 55.8 Å². The Balaban J connectivity index is 3.03. The van der Waals surface area contributed by atoms with Gasteiger partial charge in [0, 0.05) is 13.0 Å². The molecule has 0 amide bonds. The van der Waals surface area contributed by atoms with Gasteiger partial charge in [0.05, 0.1) is 12.2 Å². The van der Waals surface area contributed by atoms with Crippen molar-refractivity contribution in [2.75, 3.05) is 7.11 Å². The highest BCUT2D eigenvalue weighted by atomic mass is 16.5. The smallest absolute Gasteiger partial charge is 0.334 e. The monoisotopic (exact) mass is 308 g/mol. The Kier molecular flexibility index (Phi) is 7.39. The van der Waals surface area contributed by atoms with E-state index >= 15 is 0 Å². The van der Waals surface area contributed by atoms with Crippen LogP contribution in [-0.4, -0.2) is 30.4 Å². The minimum Gasteiger partial charge on any atom is -0.511 e. The lowest BCUT2D eigenvalue weighted by Crippen LogP contribution is -2.21. The van der Waals surface area contributed by atoms with Crippen molar-refractivity contribution < 1.29 is 19.4 Å². The first-order valence-electron chi connectivity index (χ1n) is 7.84. The summed E-state index contributed by atoms with van der Waals surface area (Å²) in [6, 6.07) is 0. The van der Waals surface area contributed by atoms with Crippen LogP contribution in [0, 0.1) is 11.8 Å². The molecule has 0 aliphatic carbocycles. The molecule has 0 radical (unpaired) electrons. The lowest BCUT2D eigenvalue weighted by atomic mass is 9.98. The van der Waals surface area contributed by atoms with Crippen LogP contribution in [0.5, 0.6) is 0 Å². The molecule has 0 saturated carbocycles. The Labute approximate surface area is 133 Å². The van der Waals surface area contributed by atoms with E-state index < -0.39 is 5.97 Å². The maximum absolute atomic E-state index is 11.8. The highest BCUT2D eigenvalue weighted by Gasteiger charge is 2.17. The van der Waals surface area contributed by atoms with Crippen LogP contribution in [0.1, 0.15) is 40.5 Å². The summed E-state index contributed by atoms with van der Waals surface area (Å²) in [4.78, 5) is 11.8. The number of hydrogen-bond donors (Lipinski definition) is 1. The molecule has 4 nitrogen and oxygen atoms in total. The first-order valence-corrected chi connectivity index (χ1v) is 7.84. The Bertz CT molecular complexity index is 462. The van der Waals surface area contributed by atoms with E-state index in [2.05, 4.69) is 13.0 Å². The van der Waals surface area contributed by atoms with Gasteiger partial charge in [0.1, 0.15) is 11.9 Å². The van der Waals surface area contributed by atoms with Crippen LogP contribution in [0.25, 0.3) is 0 Å². The van der Waals surface area contributed by atoms with Crippen LogP contribution < -0.4 is 0 Å². The van der Waals surface area contributed by atoms with E-state index in [9.17, 15) is 9.90 Å². The molecule has 4 atom stereocenters. The molecule has 124 valence electrons. The standard InChI is InChI=1S/C18H28O4/c1-12-7-6-8-14(3)17(21-5)10-9-13(2)16(19)11-18(20)22-15(12)4/h8-13,15,17,19H,6-7H2,1-5H3/b10-9+,14-8+,16-11-/t12-,13-,15+,17-/m0/s1. The van der Waals surface area contributed by atoms with Gasteiger partial charge in [0.15, 0.2) is 0 Å². The number of carbonyl (C=O) groups excluding carboxylic acids is 1. The molecular formula is C18H28O4. The third-order valence-electron chi connectivity index (χ3n) is 4.20. The normalized spacial score (nSPS) is 38.0. The number of esters is 1. The van der Waals surface area contributed by atoms with E-state index in [1.54, 1.807) is 7.11 Å². The van der Waals surface area contributed by atoms with E-state index in [1.165, 1.54) is 0 Å². The zero-order valence-electron chi connectivity index (χ0n) is 14.2. The third-order valence-corrected chi connectivity index (χ3v) is 4.20. The fourth-order valence-electron chi connectivity index (χ4n) is 2.29. The summed E-state index contributed by atoms with van der Waals surface area (Å²) >= 11 is 0. The van der Waals surface area contributed by atoms with E-state index in [1.807, 2.05) is 32.9 Å². The number of rotatable bonds is 1. The Morgan fingerprint density at radius 1 is 1.27 bits per heavy atom. The van der Waals surface area contributed by atoms with Crippen molar-refractivity contribution in [1.29, 1.82) is 0 Å². The van der Waals surface area contributed by atoms with E-state index in [0.29, 0.717) is 0 Å². The predicted octanol–water partition coefficient (Wildman–Crippen LogP) is 3.94. The molecule has 1 heterocycles. The maximum Gasteiger partial charge on any atom is 0.334 e. The van der Waals surface area contributed by atoms with Crippen LogP contribution in [0.4, 0.5) is 0 Å². The summed E-state index contributed by atoms with van der Waals surface area (Å²) in [5.41, 5.74) is 1.14. The third kappa shape index (κ3) is 5.68. The summed E-state index contributed by atoms with van der Waals surface area (Å²) in [6.45, 7) is 7.81. The SMILES string of the molecule is CO[C@H]1/C=C/[C@H](C)/C(O)=C/C(=O)O[C@H](C)[C@@H](C)CC/C=C/1C. The minimum atomic E-state index is -0.496. The Hall–Kier alpha value is -1.55. The quantitative estimate of drug-likeness (QED) is 0.589. The second kappa shape index (κ2) is 8.79. The fourth-order valence-corrected chi connectivity index (χ4v) is 2.29. The molecule has 22 heavy (non-hydrogen) atoms. The van der Waals surface area contributed by atoms with Crippen molar-refractivity contribution in [2.45, 2.75) is 52.7 Å².